The second-order valence-corrected chi connectivity index (χ2v) is 6.04. The molecule has 1 aliphatic rings. The average molecular weight is 312 g/mol. The molecule has 0 fully saturated rings. The average Bonchev–Trinajstić information content (AvgIpc) is 3.13. The van der Waals surface area contributed by atoms with Gasteiger partial charge < -0.3 is 15.4 Å². The Balaban J connectivity index is 1.78. The minimum Gasteiger partial charge on any atom is -0.480 e. The minimum atomic E-state index is -1.01. The van der Waals surface area contributed by atoms with Crippen LogP contribution in [0, 0.1) is 0 Å². The summed E-state index contributed by atoms with van der Waals surface area (Å²) in [6.07, 6.45) is 4.69. The van der Waals surface area contributed by atoms with Crippen molar-refractivity contribution < 1.29 is 14.7 Å². The predicted molar refractivity (Wildman–Crippen MR) is 88.1 cm³/mol. The highest BCUT2D eigenvalue weighted by Crippen LogP contribution is 2.25. The molecule has 5 nitrogen and oxygen atoms in total. The van der Waals surface area contributed by atoms with E-state index < -0.39 is 12.0 Å². The van der Waals surface area contributed by atoms with Gasteiger partial charge in [0.1, 0.15) is 6.04 Å². The van der Waals surface area contributed by atoms with Crippen molar-refractivity contribution in [1.29, 1.82) is 0 Å². The molecule has 0 saturated heterocycles. The summed E-state index contributed by atoms with van der Waals surface area (Å²) in [5.41, 5.74) is 3.67. The van der Waals surface area contributed by atoms with E-state index in [0.717, 1.165) is 46.9 Å². The number of allylic oxidation sites excluding steroid dienone is 1. The topological polar surface area (TPSA) is 82.2 Å². The number of carbonyl (C=O) groups excluding carboxylic acids is 1. The molecule has 3 rings (SSSR count). The van der Waals surface area contributed by atoms with E-state index in [1.54, 1.807) is 0 Å². The Morgan fingerprint density at radius 3 is 2.78 bits per heavy atom. The number of hydrogen-bond donors (Lipinski definition) is 3. The van der Waals surface area contributed by atoms with Crippen LogP contribution >= 0.6 is 0 Å². The number of benzene rings is 1. The summed E-state index contributed by atoms with van der Waals surface area (Å²) >= 11 is 0. The second kappa shape index (κ2) is 6.28. The van der Waals surface area contributed by atoms with E-state index >= 15 is 0 Å². The van der Waals surface area contributed by atoms with E-state index in [1.165, 1.54) is 0 Å². The number of rotatable bonds is 5. The molecule has 1 aromatic carbocycles. The first-order valence-electron chi connectivity index (χ1n) is 7.83. The number of para-hydroxylation sites is 1. The third-order valence-electron chi connectivity index (χ3n) is 4.47. The maximum Gasteiger partial charge on any atom is 0.326 e. The second-order valence-electron chi connectivity index (χ2n) is 6.04. The lowest BCUT2D eigenvalue weighted by Gasteiger charge is -2.15. The number of amides is 1. The summed E-state index contributed by atoms with van der Waals surface area (Å²) in [4.78, 5) is 27.0. The number of aromatic amines is 1. The Kier molecular flexibility index (Phi) is 4.19. The van der Waals surface area contributed by atoms with Gasteiger partial charge in [0.05, 0.1) is 0 Å². The van der Waals surface area contributed by atoms with Gasteiger partial charge in [0.15, 0.2) is 0 Å². The zero-order chi connectivity index (χ0) is 16.4. The molecule has 0 spiro atoms. The molecule has 1 unspecified atom stereocenters. The fourth-order valence-electron chi connectivity index (χ4n) is 3.17. The number of aliphatic carboxylic acids is 1. The van der Waals surface area contributed by atoms with Crippen LogP contribution in [-0.4, -0.2) is 28.0 Å². The van der Waals surface area contributed by atoms with E-state index in [4.69, 9.17) is 0 Å². The van der Waals surface area contributed by atoms with E-state index in [2.05, 4.69) is 10.3 Å². The van der Waals surface area contributed by atoms with E-state index in [1.807, 2.05) is 37.4 Å². The lowest BCUT2D eigenvalue weighted by atomic mass is 10.0. The SMILES string of the molecule is CC1=C(C(=O)NC(Cc2c[nH]c3ccccc23)C(=O)O)CCC1. The molecule has 0 saturated carbocycles. The quantitative estimate of drug-likeness (QED) is 0.794. The van der Waals surface area contributed by atoms with Crippen LogP contribution in [0.15, 0.2) is 41.6 Å². The van der Waals surface area contributed by atoms with Crippen LogP contribution < -0.4 is 5.32 Å². The largest absolute Gasteiger partial charge is 0.480 e. The minimum absolute atomic E-state index is 0.243. The van der Waals surface area contributed by atoms with Crippen molar-refractivity contribution in [2.24, 2.45) is 0 Å². The van der Waals surface area contributed by atoms with E-state index in [9.17, 15) is 14.7 Å². The number of fused-ring (bicyclic) bond motifs is 1. The van der Waals surface area contributed by atoms with Crippen LogP contribution in [0.4, 0.5) is 0 Å². The van der Waals surface area contributed by atoms with Gasteiger partial charge in [-0.15, -0.1) is 0 Å². The number of aromatic nitrogens is 1. The predicted octanol–water partition coefficient (Wildman–Crippen LogP) is 2.78. The molecule has 1 atom stereocenters. The maximum absolute atomic E-state index is 12.3. The zero-order valence-electron chi connectivity index (χ0n) is 13.1. The van der Waals surface area contributed by atoms with Crippen molar-refractivity contribution in [3.63, 3.8) is 0 Å². The molecular formula is C18H20N2O3. The van der Waals surface area contributed by atoms with Crippen LogP contribution in [0.3, 0.4) is 0 Å². The summed E-state index contributed by atoms with van der Waals surface area (Å²) in [6.45, 7) is 1.94. The van der Waals surface area contributed by atoms with Crippen molar-refractivity contribution in [2.75, 3.05) is 0 Å². The number of carboxylic acids is 1. The molecule has 1 aromatic heterocycles. The number of carbonyl (C=O) groups is 2. The molecule has 120 valence electrons. The third kappa shape index (κ3) is 3.13. The Morgan fingerprint density at radius 2 is 2.09 bits per heavy atom. The van der Waals surface area contributed by atoms with Gasteiger partial charge in [0.2, 0.25) is 5.91 Å². The Morgan fingerprint density at radius 1 is 1.30 bits per heavy atom. The highest BCUT2D eigenvalue weighted by molar-refractivity contribution is 5.97. The van der Waals surface area contributed by atoms with Crippen molar-refractivity contribution in [2.45, 2.75) is 38.6 Å². The Bertz CT molecular complexity index is 788. The van der Waals surface area contributed by atoms with Crippen LogP contribution in [0.2, 0.25) is 0 Å². The fraction of sp³-hybridized carbons (Fsp3) is 0.333. The molecule has 1 aliphatic carbocycles. The zero-order valence-corrected chi connectivity index (χ0v) is 13.1. The lowest BCUT2D eigenvalue weighted by molar-refractivity contribution is -0.141. The number of nitrogens with one attached hydrogen (secondary N) is 2. The molecule has 2 aromatic rings. The highest BCUT2D eigenvalue weighted by Gasteiger charge is 2.25. The van der Waals surface area contributed by atoms with Gasteiger partial charge in [-0.05, 0) is 37.8 Å². The number of H-pyrrole nitrogens is 1. The first-order valence-corrected chi connectivity index (χ1v) is 7.83. The van der Waals surface area contributed by atoms with E-state index in [-0.39, 0.29) is 12.3 Å². The van der Waals surface area contributed by atoms with Gasteiger partial charge in [-0.25, -0.2) is 4.79 Å². The van der Waals surface area contributed by atoms with Crippen molar-refractivity contribution in [3.05, 3.63) is 47.2 Å². The molecule has 1 amide bonds. The molecule has 3 N–H and O–H groups in total. The molecule has 0 radical (unpaired) electrons. The van der Waals surface area contributed by atoms with Gasteiger partial charge in [-0.1, -0.05) is 23.8 Å². The fourth-order valence-corrected chi connectivity index (χ4v) is 3.17. The van der Waals surface area contributed by atoms with Crippen LogP contribution in [0.1, 0.15) is 31.7 Å². The summed E-state index contributed by atoms with van der Waals surface area (Å²) < 4.78 is 0. The molecule has 5 heteroatoms. The monoisotopic (exact) mass is 312 g/mol. The van der Waals surface area contributed by atoms with Crippen molar-refractivity contribution >= 4 is 22.8 Å². The van der Waals surface area contributed by atoms with Gasteiger partial charge in [0, 0.05) is 29.1 Å². The molecule has 1 heterocycles. The van der Waals surface area contributed by atoms with Crippen LogP contribution in [0.25, 0.3) is 10.9 Å². The number of hydrogen-bond acceptors (Lipinski definition) is 2. The highest BCUT2D eigenvalue weighted by atomic mass is 16.4. The summed E-state index contributed by atoms with van der Waals surface area (Å²) in [5, 5.41) is 13.1. The number of carboxylic acid groups (broad SMARTS) is 1. The Hall–Kier alpha value is -2.56. The lowest BCUT2D eigenvalue weighted by Crippen LogP contribution is -2.42. The maximum atomic E-state index is 12.3. The molecule has 0 aliphatic heterocycles. The molecule has 0 bridgehead atoms. The van der Waals surface area contributed by atoms with Crippen molar-refractivity contribution in [3.8, 4) is 0 Å². The van der Waals surface area contributed by atoms with Gasteiger partial charge in [-0.2, -0.15) is 0 Å². The normalized spacial score (nSPS) is 15.9. The molecule has 23 heavy (non-hydrogen) atoms. The summed E-state index contributed by atoms with van der Waals surface area (Å²) in [7, 11) is 0. The smallest absolute Gasteiger partial charge is 0.326 e. The van der Waals surface area contributed by atoms with Gasteiger partial charge in [-0.3, -0.25) is 4.79 Å². The van der Waals surface area contributed by atoms with Crippen LogP contribution in [0.5, 0.6) is 0 Å². The standard InChI is InChI=1S/C18H20N2O3/c1-11-5-4-7-13(11)17(21)20-16(18(22)23)9-12-10-19-15-8-3-2-6-14(12)15/h2-3,6,8,10,16,19H,4-5,7,9H2,1H3,(H,20,21)(H,22,23). The van der Waals surface area contributed by atoms with Crippen LogP contribution in [-0.2, 0) is 16.0 Å². The van der Waals surface area contributed by atoms with Gasteiger partial charge in [0.25, 0.3) is 0 Å². The van der Waals surface area contributed by atoms with Crippen molar-refractivity contribution in [1.82, 2.24) is 10.3 Å². The Labute approximate surface area is 134 Å². The third-order valence-corrected chi connectivity index (χ3v) is 4.47. The summed E-state index contributed by atoms with van der Waals surface area (Å²) in [6, 6.07) is 6.81. The first kappa shape index (κ1) is 15.3. The summed E-state index contributed by atoms with van der Waals surface area (Å²) in [5.74, 6) is -1.26. The van der Waals surface area contributed by atoms with Gasteiger partial charge >= 0.3 is 5.97 Å². The first-order chi connectivity index (χ1) is 11.1. The molecular weight excluding hydrogens is 292 g/mol. The van der Waals surface area contributed by atoms with E-state index in [0.29, 0.717) is 0 Å².